The summed E-state index contributed by atoms with van der Waals surface area (Å²) in [4.78, 5) is 12.7. The van der Waals surface area contributed by atoms with E-state index < -0.39 is 23.5 Å². The number of nitrogens with zero attached hydrogens (tertiary/aromatic N) is 5. The number of carbonyl (C=O) groups is 1. The molecule has 0 saturated carbocycles. The van der Waals surface area contributed by atoms with Gasteiger partial charge in [0.15, 0.2) is 0 Å². The average molecular weight is 392 g/mol. The summed E-state index contributed by atoms with van der Waals surface area (Å²) in [5.74, 6) is -1.18. The summed E-state index contributed by atoms with van der Waals surface area (Å²) in [6.45, 7) is -0.374. The van der Waals surface area contributed by atoms with Crippen molar-refractivity contribution in [3.05, 3.63) is 65.5 Å². The van der Waals surface area contributed by atoms with Crippen LogP contribution in [0.25, 0.3) is 11.4 Å². The molecule has 11 heteroatoms. The van der Waals surface area contributed by atoms with Gasteiger partial charge >= 0.3 is 6.18 Å². The number of halogens is 4. The van der Waals surface area contributed by atoms with E-state index in [-0.39, 0.29) is 23.5 Å². The highest BCUT2D eigenvalue weighted by molar-refractivity contribution is 5.82. The molecular formula is C17H12F4N6O. The molecule has 0 aliphatic rings. The number of hydrogen-bond acceptors (Lipinski definition) is 5. The van der Waals surface area contributed by atoms with Crippen molar-refractivity contribution in [1.82, 2.24) is 25.6 Å². The molecule has 144 valence electrons. The van der Waals surface area contributed by atoms with Crippen molar-refractivity contribution >= 4 is 12.1 Å². The van der Waals surface area contributed by atoms with E-state index >= 15 is 0 Å². The highest BCUT2D eigenvalue weighted by Gasteiger charge is 2.30. The van der Waals surface area contributed by atoms with E-state index in [1.807, 2.05) is 0 Å². The summed E-state index contributed by atoms with van der Waals surface area (Å²) in [5, 5.41) is 14.8. The lowest BCUT2D eigenvalue weighted by molar-refractivity contribution is -0.137. The van der Waals surface area contributed by atoms with Crippen molar-refractivity contribution in [2.75, 3.05) is 0 Å². The molecule has 0 aliphatic heterocycles. The van der Waals surface area contributed by atoms with Gasteiger partial charge in [-0.25, -0.2) is 9.82 Å². The van der Waals surface area contributed by atoms with Gasteiger partial charge in [0.1, 0.15) is 12.4 Å². The molecule has 1 heterocycles. The number of aromatic nitrogens is 4. The number of amides is 1. The van der Waals surface area contributed by atoms with E-state index in [0.29, 0.717) is 0 Å². The predicted octanol–water partition coefficient (Wildman–Crippen LogP) is 2.65. The minimum absolute atomic E-state index is 0.0613. The Morgan fingerprint density at radius 3 is 2.71 bits per heavy atom. The number of benzene rings is 2. The van der Waals surface area contributed by atoms with Crippen LogP contribution in [0.4, 0.5) is 17.6 Å². The van der Waals surface area contributed by atoms with Gasteiger partial charge in [-0.15, -0.1) is 10.2 Å². The zero-order valence-corrected chi connectivity index (χ0v) is 14.1. The van der Waals surface area contributed by atoms with Crippen molar-refractivity contribution in [3.8, 4) is 11.4 Å². The Kier molecular flexibility index (Phi) is 5.43. The van der Waals surface area contributed by atoms with Crippen molar-refractivity contribution in [2.24, 2.45) is 5.10 Å². The number of carbonyl (C=O) groups excluding carboxylic acids is 1. The summed E-state index contributed by atoms with van der Waals surface area (Å²) in [6.07, 6.45) is -3.36. The number of alkyl halides is 3. The molecule has 1 amide bonds. The van der Waals surface area contributed by atoms with Crippen LogP contribution in [-0.4, -0.2) is 32.3 Å². The summed E-state index contributed by atoms with van der Waals surface area (Å²) in [7, 11) is 0. The Bertz CT molecular complexity index is 1010. The standard InChI is InChI=1S/C17H12F4N6O/c18-14-7-2-1-4-12(14)9-22-23-15(28)10-27-25-16(24-26-27)11-5-3-6-13(8-11)17(19,20)21/h1-9H,10H2,(H,23,28)/b22-9-. The van der Waals surface area contributed by atoms with Crippen LogP contribution in [0.3, 0.4) is 0 Å². The lowest BCUT2D eigenvalue weighted by Crippen LogP contribution is -2.24. The highest BCUT2D eigenvalue weighted by atomic mass is 19.4. The van der Waals surface area contributed by atoms with Crippen LogP contribution >= 0.6 is 0 Å². The molecule has 3 rings (SSSR count). The van der Waals surface area contributed by atoms with E-state index in [9.17, 15) is 22.4 Å². The van der Waals surface area contributed by atoms with E-state index in [4.69, 9.17) is 0 Å². The zero-order valence-electron chi connectivity index (χ0n) is 14.1. The Morgan fingerprint density at radius 2 is 1.96 bits per heavy atom. The molecule has 0 atom stereocenters. The summed E-state index contributed by atoms with van der Waals surface area (Å²) in [5.41, 5.74) is 1.62. The van der Waals surface area contributed by atoms with Crippen LogP contribution in [0.5, 0.6) is 0 Å². The molecule has 0 radical (unpaired) electrons. The molecule has 0 aliphatic carbocycles. The predicted molar refractivity (Wildman–Crippen MR) is 90.4 cm³/mol. The first kappa shape index (κ1) is 19.1. The molecule has 0 spiro atoms. The second kappa shape index (κ2) is 7.94. The third-order valence-corrected chi connectivity index (χ3v) is 3.48. The summed E-state index contributed by atoms with van der Waals surface area (Å²) < 4.78 is 51.7. The van der Waals surface area contributed by atoms with Crippen molar-refractivity contribution < 1.29 is 22.4 Å². The normalized spacial score (nSPS) is 11.7. The second-order valence-corrected chi connectivity index (χ2v) is 5.54. The van der Waals surface area contributed by atoms with Gasteiger partial charge in [0.05, 0.1) is 11.8 Å². The van der Waals surface area contributed by atoms with Gasteiger partial charge in [-0.1, -0.05) is 30.3 Å². The molecule has 0 bridgehead atoms. The largest absolute Gasteiger partial charge is 0.416 e. The number of nitrogens with one attached hydrogen (secondary N) is 1. The van der Waals surface area contributed by atoms with E-state index in [1.165, 1.54) is 30.3 Å². The molecule has 1 N–H and O–H groups in total. The number of hydrazone groups is 1. The first-order chi connectivity index (χ1) is 13.3. The van der Waals surface area contributed by atoms with Crippen LogP contribution in [0, 0.1) is 5.82 Å². The van der Waals surface area contributed by atoms with Crippen molar-refractivity contribution in [3.63, 3.8) is 0 Å². The smallest absolute Gasteiger partial charge is 0.271 e. The third-order valence-electron chi connectivity index (χ3n) is 3.48. The Morgan fingerprint density at radius 1 is 1.18 bits per heavy atom. The van der Waals surface area contributed by atoms with Gasteiger partial charge in [-0.05, 0) is 23.4 Å². The molecule has 0 fully saturated rings. The van der Waals surface area contributed by atoms with Crippen LogP contribution in [0.15, 0.2) is 53.6 Å². The topological polar surface area (TPSA) is 85.1 Å². The van der Waals surface area contributed by atoms with E-state index in [1.54, 1.807) is 6.07 Å². The number of rotatable bonds is 5. The first-order valence-electron chi connectivity index (χ1n) is 7.85. The lowest BCUT2D eigenvalue weighted by Gasteiger charge is -2.06. The fraction of sp³-hybridized carbons (Fsp3) is 0.118. The Labute approximate surface area is 155 Å². The molecule has 7 nitrogen and oxygen atoms in total. The number of hydrogen-bond donors (Lipinski definition) is 1. The fourth-order valence-electron chi connectivity index (χ4n) is 2.18. The molecule has 3 aromatic rings. The average Bonchev–Trinajstić information content (AvgIpc) is 3.11. The van der Waals surface area contributed by atoms with Gasteiger partial charge in [0.25, 0.3) is 5.91 Å². The third kappa shape index (κ3) is 4.75. The van der Waals surface area contributed by atoms with E-state index in [0.717, 1.165) is 23.1 Å². The zero-order chi connectivity index (χ0) is 20.1. The van der Waals surface area contributed by atoms with Gasteiger partial charge in [0.2, 0.25) is 5.82 Å². The SMILES string of the molecule is O=C(Cn1nnc(-c2cccc(C(F)(F)F)c2)n1)N/N=C\c1ccccc1F. The van der Waals surface area contributed by atoms with Crippen LogP contribution in [0.2, 0.25) is 0 Å². The summed E-state index contributed by atoms with van der Waals surface area (Å²) in [6, 6.07) is 10.3. The van der Waals surface area contributed by atoms with Crippen molar-refractivity contribution in [2.45, 2.75) is 12.7 Å². The van der Waals surface area contributed by atoms with Crippen molar-refractivity contribution in [1.29, 1.82) is 0 Å². The van der Waals surface area contributed by atoms with Crippen LogP contribution < -0.4 is 5.43 Å². The van der Waals surface area contributed by atoms with Gasteiger partial charge < -0.3 is 0 Å². The second-order valence-electron chi connectivity index (χ2n) is 5.54. The molecular weight excluding hydrogens is 380 g/mol. The Balaban J connectivity index is 1.63. The van der Waals surface area contributed by atoms with Gasteiger partial charge in [0, 0.05) is 11.1 Å². The first-order valence-corrected chi connectivity index (χ1v) is 7.85. The minimum atomic E-state index is -4.50. The maximum absolute atomic E-state index is 13.4. The molecule has 0 unspecified atom stereocenters. The summed E-state index contributed by atoms with van der Waals surface area (Å²) >= 11 is 0. The quantitative estimate of drug-likeness (QED) is 0.411. The van der Waals surface area contributed by atoms with Gasteiger partial charge in [-0.2, -0.15) is 23.1 Å². The maximum atomic E-state index is 13.4. The van der Waals surface area contributed by atoms with Gasteiger partial charge in [-0.3, -0.25) is 4.79 Å². The molecule has 1 aromatic heterocycles. The Hall–Kier alpha value is -3.63. The lowest BCUT2D eigenvalue weighted by atomic mass is 10.1. The monoisotopic (exact) mass is 392 g/mol. The maximum Gasteiger partial charge on any atom is 0.416 e. The molecule has 2 aromatic carbocycles. The van der Waals surface area contributed by atoms with Crippen LogP contribution in [0.1, 0.15) is 11.1 Å². The number of tetrazole rings is 1. The molecule has 0 saturated heterocycles. The minimum Gasteiger partial charge on any atom is -0.271 e. The van der Waals surface area contributed by atoms with E-state index in [2.05, 4.69) is 25.9 Å². The van der Waals surface area contributed by atoms with Crippen LogP contribution in [-0.2, 0) is 17.5 Å². The highest BCUT2D eigenvalue weighted by Crippen LogP contribution is 2.31. The molecule has 28 heavy (non-hydrogen) atoms. The fourth-order valence-corrected chi connectivity index (χ4v) is 2.18.